The number of aromatic amines is 1. The van der Waals surface area contributed by atoms with Crippen molar-refractivity contribution in [2.24, 2.45) is 0 Å². The number of nitrogens with zero attached hydrogens (tertiary/aromatic N) is 2. The van der Waals surface area contributed by atoms with E-state index < -0.39 is 0 Å². The lowest BCUT2D eigenvalue weighted by atomic mass is 10.0. The highest BCUT2D eigenvalue weighted by Crippen LogP contribution is 2.25. The standard InChI is InChI=1S/C18H18ClN3O/c1-11(22(2)3)14-5-4-6-15-16(14)18(23)21-17(20-15)12-7-9-13(19)10-8-12/h4-11H,1-3H3,(H,20,21,23). The van der Waals surface area contributed by atoms with Gasteiger partial charge in [-0.05, 0) is 56.9 Å². The molecule has 3 rings (SSSR count). The second-order valence-corrected chi connectivity index (χ2v) is 6.24. The van der Waals surface area contributed by atoms with Gasteiger partial charge < -0.3 is 9.88 Å². The van der Waals surface area contributed by atoms with Crippen LogP contribution in [0.1, 0.15) is 18.5 Å². The first-order valence-corrected chi connectivity index (χ1v) is 7.80. The molecule has 0 saturated carbocycles. The molecular weight excluding hydrogens is 310 g/mol. The van der Waals surface area contributed by atoms with E-state index >= 15 is 0 Å². The highest BCUT2D eigenvalue weighted by molar-refractivity contribution is 6.30. The Morgan fingerprint density at radius 2 is 1.83 bits per heavy atom. The molecule has 5 heteroatoms. The average molecular weight is 328 g/mol. The molecule has 0 aliphatic heterocycles. The normalized spacial score (nSPS) is 12.7. The lowest BCUT2D eigenvalue weighted by Gasteiger charge is -2.21. The summed E-state index contributed by atoms with van der Waals surface area (Å²) in [5, 5.41) is 1.30. The maximum atomic E-state index is 12.6. The van der Waals surface area contributed by atoms with Gasteiger partial charge in [-0.2, -0.15) is 0 Å². The van der Waals surface area contributed by atoms with Gasteiger partial charge in [0.1, 0.15) is 5.82 Å². The molecule has 2 aromatic carbocycles. The maximum Gasteiger partial charge on any atom is 0.259 e. The van der Waals surface area contributed by atoms with Crippen LogP contribution in [-0.4, -0.2) is 29.0 Å². The monoisotopic (exact) mass is 327 g/mol. The molecule has 0 spiro atoms. The number of rotatable bonds is 3. The molecule has 0 radical (unpaired) electrons. The number of nitrogens with one attached hydrogen (secondary N) is 1. The summed E-state index contributed by atoms with van der Waals surface area (Å²) in [6.45, 7) is 2.07. The van der Waals surface area contributed by atoms with E-state index in [2.05, 4.69) is 21.8 Å². The summed E-state index contributed by atoms with van der Waals surface area (Å²) in [7, 11) is 3.99. The number of fused-ring (bicyclic) bond motifs is 1. The molecule has 0 fully saturated rings. The van der Waals surface area contributed by atoms with Gasteiger partial charge in [-0.1, -0.05) is 23.7 Å². The second kappa shape index (κ2) is 6.14. The molecule has 1 aromatic heterocycles. The van der Waals surface area contributed by atoms with E-state index in [0.29, 0.717) is 21.7 Å². The summed E-state index contributed by atoms with van der Waals surface area (Å²) in [5.74, 6) is 0.550. The first-order chi connectivity index (χ1) is 11.0. The smallest absolute Gasteiger partial charge is 0.259 e. The molecule has 0 saturated heterocycles. The Balaban J connectivity index is 2.21. The predicted molar refractivity (Wildman–Crippen MR) is 94.9 cm³/mol. The van der Waals surface area contributed by atoms with Crippen molar-refractivity contribution in [2.75, 3.05) is 14.1 Å². The van der Waals surface area contributed by atoms with Gasteiger partial charge in [-0.3, -0.25) is 4.79 Å². The zero-order valence-corrected chi connectivity index (χ0v) is 14.1. The molecule has 0 bridgehead atoms. The predicted octanol–water partition coefficient (Wildman–Crippen LogP) is 3.87. The van der Waals surface area contributed by atoms with Crippen molar-refractivity contribution in [3.05, 3.63) is 63.4 Å². The zero-order chi connectivity index (χ0) is 16.6. The lowest BCUT2D eigenvalue weighted by Crippen LogP contribution is -2.20. The molecule has 0 amide bonds. The Morgan fingerprint density at radius 3 is 2.48 bits per heavy atom. The Morgan fingerprint density at radius 1 is 1.13 bits per heavy atom. The van der Waals surface area contributed by atoms with Crippen LogP contribution in [-0.2, 0) is 0 Å². The van der Waals surface area contributed by atoms with Gasteiger partial charge in [0.05, 0.1) is 10.9 Å². The highest BCUT2D eigenvalue weighted by atomic mass is 35.5. The van der Waals surface area contributed by atoms with Crippen LogP contribution in [0.5, 0.6) is 0 Å². The van der Waals surface area contributed by atoms with Gasteiger partial charge in [-0.15, -0.1) is 0 Å². The third-order valence-electron chi connectivity index (χ3n) is 4.11. The van der Waals surface area contributed by atoms with Crippen molar-refractivity contribution < 1.29 is 0 Å². The quantitative estimate of drug-likeness (QED) is 0.794. The Labute approximate surface area is 139 Å². The van der Waals surface area contributed by atoms with E-state index in [1.807, 2.05) is 44.4 Å². The fraction of sp³-hybridized carbons (Fsp3) is 0.222. The lowest BCUT2D eigenvalue weighted by molar-refractivity contribution is 0.323. The van der Waals surface area contributed by atoms with Crippen molar-refractivity contribution in [1.29, 1.82) is 0 Å². The van der Waals surface area contributed by atoms with Crippen LogP contribution < -0.4 is 5.56 Å². The summed E-state index contributed by atoms with van der Waals surface area (Å²) < 4.78 is 0. The summed E-state index contributed by atoms with van der Waals surface area (Å²) in [5.41, 5.74) is 2.39. The molecule has 0 aliphatic rings. The number of aromatic nitrogens is 2. The van der Waals surface area contributed by atoms with E-state index in [4.69, 9.17) is 11.6 Å². The Bertz CT molecular complexity index is 900. The first-order valence-electron chi connectivity index (χ1n) is 7.42. The fourth-order valence-corrected chi connectivity index (χ4v) is 2.71. The molecule has 23 heavy (non-hydrogen) atoms. The number of halogens is 1. The number of hydrogen-bond acceptors (Lipinski definition) is 3. The van der Waals surface area contributed by atoms with E-state index in [1.165, 1.54) is 0 Å². The zero-order valence-electron chi connectivity index (χ0n) is 13.3. The molecule has 1 heterocycles. The van der Waals surface area contributed by atoms with Gasteiger partial charge in [0.2, 0.25) is 0 Å². The van der Waals surface area contributed by atoms with Crippen LogP contribution in [0.4, 0.5) is 0 Å². The van der Waals surface area contributed by atoms with E-state index in [9.17, 15) is 4.79 Å². The second-order valence-electron chi connectivity index (χ2n) is 5.80. The minimum Gasteiger partial charge on any atom is -0.306 e. The summed E-state index contributed by atoms with van der Waals surface area (Å²) in [6, 6.07) is 13.2. The van der Waals surface area contributed by atoms with Crippen LogP contribution in [0.3, 0.4) is 0 Å². The van der Waals surface area contributed by atoms with Crippen LogP contribution in [0.25, 0.3) is 22.3 Å². The molecule has 1 atom stereocenters. The van der Waals surface area contributed by atoms with Crippen molar-refractivity contribution >= 4 is 22.5 Å². The molecule has 1 N–H and O–H groups in total. The summed E-state index contributed by atoms with van der Waals surface area (Å²) in [4.78, 5) is 22.2. The SMILES string of the molecule is CC(c1cccc2nc(-c3ccc(Cl)cc3)[nH]c(=O)c12)N(C)C. The topological polar surface area (TPSA) is 49.0 Å². The molecule has 3 aromatic rings. The molecule has 4 nitrogen and oxygen atoms in total. The maximum absolute atomic E-state index is 12.6. The van der Waals surface area contributed by atoms with Gasteiger partial charge in [0.25, 0.3) is 5.56 Å². The third-order valence-corrected chi connectivity index (χ3v) is 4.36. The number of H-pyrrole nitrogens is 1. The van der Waals surface area contributed by atoms with Crippen LogP contribution >= 0.6 is 11.6 Å². The molecule has 1 unspecified atom stereocenters. The van der Waals surface area contributed by atoms with Crippen molar-refractivity contribution in [3.8, 4) is 11.4 Å². The Kier molecular flexibility index (Phi) is 4.20. The first kappa shape index (κ1) is 15.7. The fourth-order valence-electron chi connectivity index (χ4n) is 2.59. The van der Waals surface area contributed by atoms with Crippen molar-refractivity contribution in [3.63, 3.8) is 0 Å². The molecule has 0 aliphatic carbocycles. The van der Waals surface area contributed by atoms with Crippen LogP contribution in [0.2, 0.25) is 5.02 Å². The summed E-state index contributed by atoms with van der Waals surface area (Å²) in [6.07, 6.45) is 0. The Hall–Kier alpha value is -2.17. The minimum absolute atomic E-state index is 0.121. The van der Waals surface area contributed by atoms with Gasteiger partial charge >= 0.3 is 0 Å². The van der Waals surface area contributed by atoms with Crippen LogP contribution in [0, 0.1) is 0 Å². The van der Waals surface area contributed by atoms with E-state index in [-0.39, 0.29) is 11.6 Å². The molecule has 118 valence electrons. The average Bonchev–Trinajstić information content (AvgIpc) is 2.54. The minimum atomic E-state index is -0.121. The third kappa shape index (κ3) is 3.00. The van der Waals surface area contributed by atoms with Gasteiger partial charge in [0, 0.05) is 16.6 Å². The highest BCUT2D eigenvalue weighted by Gasteiger charge is 2.15. The molecular formula is C18H18ClN3O. The van der Waals surface area contributed by atoms with Gasteiger partial charge in [0.15, 0.2) is 0 Å². The number of benzene rings is 2. The number of hydrogen-bond donors (Lipinski definition) is 1. The van der Waals surface area contributed by atoms with Crippen molar-refractivity contribution in [1.82, 2.24) is 14.9 Å². The summed E-state index contributed by atoms with van der Waals surface area (Å²) >= 11 is 5.91. The van der Waals surface area contributed by atoms with Crippen LogP contribution in [0.15, 0.2) is 47.3 Å². The van der Waals surface area contributed by atoms with E-state index in [0.717, 1.165) is 11.1 Å². The van der Waals surface area contributed by atoms with Crippen molar-refractivity contribution in [2.45, 2.75) is 13.0 Å². The van der Waals surface area contributed by atoms with E-state index in [1.54, 1.807) is 12.1 Å². The van der Waals surface area contributed by atoms with Gasteiger partial charge in [-0.25, -0.2) is 4.98 Å². The largest absolute Gasteiger partial charge is 0.306 e.